The molecule has 0 aliphatic rings. The molecule has 1 aromatic rings. The zero-order valence-corrected chi connectivity index (χ0v) is 11.6. The highest BCUT2D eigenvalue weighted by Gasteiger charge is 2.00. The summed E-state index contributed by atoms with van der Waals surface area (Å²) < 4.78 is 5.82. The summed E-state index contributed by atoms with van der Waals surface area (Å²) in [7, 11) is 0. The van der Waals surface area contributed by atoms with Gasteiger partial charge in [0.05, 0.1) is 6.61 Å². The first kappa shape index (κ1) is 14.1. The van der Waals surface area contributed by atoms with E-state index in [1.807, 2.05) is 0 Å². The lowest BCUT2D eigenvalue weighted by Gasteiger charge is -2.10. The van der Waals surface area contributed by atoms with Gasteiger partial charge in [-0.05, 0) is 37.5 Å². The summed E-state index contributed by atoms with van der Waals surface area (Å²) in [5, 5.41) is 0. The van der Waals surface area contributed by atoms with Gasteiger partial charge in [0.15, 0.2) is 0 Å². The van der Waals surface area contributed by atoms with Crippen LogP contribution in [0.25, 0.3) is 0 Å². The molecule has 0 spiro atoms. The van der Waals surface area contributed by atoms with Crippen molar-refractivity contribution in [3.63, 3.8) is 0 Å². The second-order valence-electron chi connectivity index (χ2n) is 4.81. The molecule has 0 aromatic heterocycles. The molecule has 1 nitrogen and oxygen atoms in total. The molecular weight excluding hydrogens is 208 g/mol. The van der Waals surface area contributed by atoms with Gasteiger partial charge in [0.25, 0.3) is 0 Å². The minimum absolute atomic E-state index is 0.858. The number of unbranched alkanes of at least 4 members (excludes halogenated alkanes) is 5. The molecule has 0 atom stereocenters. The summed E-state index contributed by atoms with van der Waals surface area (Å²) in [6.45, 7) is 7.37. The van der Waals surface area contributed by atoms with Crippen molar-refractivity contribution in [2.24, 2.45) is 0 Å². The fraction of sp³-hybridized carbons (Fsp3) is 0.625. The molecule has 0 saturated carbocycles. The lowest BCUT2D eigenvalue weighted by atomic mass is 10.1. The van der Waals surface area contributed by atoms with E-state index in [1.54, 1.807) is 0 Å². The third-order valence-corrected chi connectivity index (χ3v) is 3.31. The Bertz CT molecular complexity index is 317. The first-order valence-corrected chi connectivity index (χ1v) is 6.94. The van der Waals surface area contributed by atoms with Crippen LogP contribution in [0, 0.1) is 13.8 Å². The van der Waals surface area contributed by atoms with Crippen LogP contribution in [0.2, 0.25) is 0 Å². The number of hydrogen-bond donors (Lipinski definition) is 0. The molecular formula is C16H26O. The maximum Gasteiger partial charge on any atom is 0.122 e. The molecule has 1 rings (SSSR count). The summed E-state index contributed by atoms with van der Waals surface area (Å²) >= 11 is 0. The Hall–Kier alpha value is -0.980. The molecule has 0 radical (unpaired) electrons. The van der Waals surface area contributed by atoms with Gasteiger partial charge >= 0.3 is 0 Å². The molecule has 0 bridgehead atoms. The van der Waals surface area contributed by atoms with Crippen molar-refractivity contribution in [2.45, 2.75) is 59.3 Å². The molecule has 0 aliphatic carbocycles. The largest absolute Gasteiger partial charge is 0.493 e. The molecule has 0 unspecified atom stereocenters. The van der Waals surface area contributed by atoms with Crippen LogP contribution in [0.5, 0.6) is 5.75 Å². The average Bonchev–Trinajstić information content (AvgIpc) is 2.33. The van der Waals surface area contributed by atoms with Crippen LogP contribution in [0.15, 0.2) is 18.2 Å². The zero-order chi connectivity index (χ0) is 12.5. The fourth-order valence-corrected chi connectivity index (χ4v) is 1.95. The number of hydrogen-bond acceptors (Lipinski definition) is 1. The third kappa shape index (κ3) is 5.25. The molecule has 0 aliphatic heterocycles. The Kier molecular flexibility index (Phi) is 6.76. The molecule has 0 saturated heterocycles. The smallest absolute Gasteiger partial charge is 0.122 e. The molecule has 1 aromatic carbocycles. The highest BCUT2D eigenvalue weighted by molar-refractivity contribution is 5.38. The summed E-state index contributed by atoms with van der Waals surface area (Å²) in [6.07, 6.45) is 7.89. The lowest BCUT2D eigenvalue weighted by molar-refractivity contribution is 0.302. The van der Waals surface area contributed by atoms with Crippen molar-refractivity contribution < 1.29 is 4.74 Å². The highest BCUT2D eigenvalue weighted by Crippen LogP contribution is 2.20. The fourth-order valence-electron chi connectivity index (χ4n) is 1.95. The zero-order valence-electron chi connectivity index (χ0n) is 11.6. The topological polar surface area (TPSA) is 9.23 Å². The minimum Gasteiger partial charge on any atom is -0.493 e. The Morgan fingerprint density at radius 3 is 2.41 bits per heavy atom. The van der Waals surface area contributed by atoms with Gasteiger partial charge in [-0.25, -0.2) is 0 Å². The monoisotopic (exact) mass is 234 g/mol. The Morgan fingerprint density at radius 2 is 1.65 bits per heavy atom. The van der Waals surface area contributed by atoms with Crippen LogP contribution in [-0.2, 0) is 0 Å². The van der Waals surface area contributed by atoms with E-state index in [4.69, 9.17) is 4.74 Å². The van der Waals surface area contributed by atoms with Gasteiger partial charge in [-0.15, -0.1) is 0 Å². The van der Waals surface area contributed by atoms with E-state index in [9.17, 15) is 0 Å². The van der Waals surface area contributed by atoms with Gasteiger partial charge in [0, 0.05) is 0 Å². The van der Waals surface area contributed by atoms with Crippen molar-refractivity contribution in [2.75, 3.05) is 6.61 Å². The number of aryl methyl sites for hydroxylation is 1. The average molecular weight is 234 g/mol. The Labute approximate surface area is 106 Å². The predicted molar refractivity (Wildman–Crippen MR) is 74.8 cm³/mol. The second-order valence-corrected chi connectivity index (χ2v) is 4.81. The first-order valence-electron chi connectivity index (χ1n) is 6.94. The summed E-state index contributed by atoms with van der Waals surface area (Å²) in [5.41, 5.74) is 2.59. The van der Waals surface area contributed by atoms with Crippen LogP contribution >= 0.6 is 0 Å². The van der Waals surface area contributed by atoms with E-state index in [0.717, 1.165) is 12.4 Å². The number of ether oxygens (including phenoxy) is 1. The van der Waals surface area contributed by atoms with Crippen LogP contribution in [0.3, 0.4) is 0 Å². The summed E-state index contributed by atoms with van der Waals surface area (Å²) in [5.74, 6) is 1.05. The van der Waals surface area contributed by atoms with E-state index in [2.05, 4.69) is 39.0 Å². The molecule has 0 heterocycles. The van der Waals surface area contributed by atoms with Crippen LogP contribution in [0.4, 0.5) is 0 Å². The van der Waals surface area contributed by atoms with Crippen molar-refractivity contribution in [3.8, 4) is 5.75 Å². The predicted octanol–water partition coefficient (Wildman–Crippen LogP) is 5.04. The lowest BCUT2D eigenvalue weighted by Crippen LogP contribution is -1.99. The molecule has 17 heavy (non-hydrogen) atoms. The van der Waals surface area contributed by atoms with Gasteiger partial charge < -0.3 is 4.74 Å². The number of rotatable bonds is 8. The maximum atomic E-state index is 5.82. The normalized spacial score (nSPS) is 10.5. The van der Waals surface area contributed by atoms with Gasteiger partial charge in [-0.1, -0.05) is 51.2 Å². The van der Waals surface area contributed by atoms with Gasteiger partial charge in [-0.2, -0.15) is 0 Å². The quantitative estimate of drug-likeness (QED) is 0.572. The first-order chi connectivity index (χ1) is 8.25. The molecule has 0 amide bonds. The van der Waals surface area contributed by atoms with Crippen LogP contribution < -0.4 is 4.74 Å². The van der Waals surface area contributed by atoms with Crippen molar-refractivity contribution in [3.05, 3.63) is 29.3 Å². The van der Waals surface area contributed by atoms with Crippen LogP contribution in [-0.4, -0.2) is 6.61 Å². The highest BCUT2D eigenvalue weighted by atomic mass is 16.5. The van der Waals surface area contributed by atoms with Crippen molar-refractivity contribution in [1.29, 1.82) is 0 Å². The standard InChI is InChI=1S/C16H26O/c1-4-5-6-7-8-9-13-17-16-12-10-11-14(2)15(16)3/h10-12H,4-9,13H2,1-3H3. The summed E-state index contributed by atoms with van der Waals surface area (Å²) in [4.78, 5) is 0. The molecule has 0 fully saturated rings. The van der Waals surface area contributed by atoms with Gasteiger partial charge in [0.1, 0.15) is 5.75 Å². The summed E-state index contributed by atoms with van der Waals surface area (Å²) in [6, 6.07) is 6.27. The van der Waals surface area contributed by atoms with E-state index in [1.165, 1.54) is 49.7 Å². The van der Waals surface area contributed by atoms with Gasteiger partial charge in [-0.3, -0.25) is 0 Å². The SMILES string of the molecule is CCCCCCCCOc1cccc(C)c1C. The van der Waals surface area contributed by atoms with Crippen molar-refractivity contribution >= 4 is 0 Å². The maximum absolute atomic E-state index is 5.82. The van der Waals surface area contributed by atoms with Crippen molar-refractivity contribution in [1.82, 2.24) is 0 Å². The molecule has 0 N–H and O–H groups in total. The number of benzene rings is 1. The van der Waals surface area contributed by atoms with E-state index >= 15 is 0 Å². The van der Waals surface area contributed by atoms with E-state index < -0.39 is 0 Å². The van der Waals surface area contributed by atoms with E-state index in [-0.39, 0.29) is 0 Å². The second kappa shape index (κ2) is 8.16. The third-order valence-electron chi connectivity index (χ3n) is 3.31. The minimum atomic E-state index is 0.858. The van der Waals surface area contributed by atoms with Crippen LogP contribution in [0.1, 0.15) is 56.6 Å². The van der Waals surface area contributed by atoms with Gasteiger partial charge in [0.2, 0.25) is 0 Å². The molecule has 96 valence electrons. The van der Waals surface area contributed by atoms with E-state index in [0.29, 0.717) is 0 Å². The Balaban J connectivity index is 2.16. The molecule has 1 heteroatoms. The Morgan fingerprint density at radius 1 is 0.941 bits per heavy atom.